The van der Waals surface area contributed by atoms with Gasteiger partial charge in [-0.15, -0.1) is 0 Å². The van der Waals surface area contributed by atoms with Gasteiger partial charge in [0.25, 0.3) is 0 Å². The number of carbonyl (C=O) groups excluding carboxylic acids is 1. The topological polar surface area (TPSA) is 112 Å². The van der Waals surface area contributed by atoms with Crippen molar-refractivity contribution in [3.05, 3.63) is 24.0 Å². The van der Waals surface area contributed by atoms with E-state index in [0.29, 0.717) is 5.69 Å². The van der Waals surface area contributed by atoms with Crippen molar-refractivity contribution < 1.29 is 19.8 Å². The van der Waals surface area contributed by atoms with E-state index in [1.165, 1.54) is 6.20 Å². The second-order valence-corrected chi connectivity index (χ2v) is 3.36. The van der Waals surface area contributed by atoms with Crippen LogP contribution in [0.1, 0.15) is 5.56 Å². The number of carbonyl (C=O) groups is 2. The number of carboxylic acid groups (broad SMARTS) is 1. The van der Waals surface area contributed by atoms with Crippen molar-refractivity contribution in [2.45, 2.75) is 13.0 Å². The first-order valence-electron chi connectivity index (χ1n) is 4.86. The molecule has 0 aliphatic rings. The van der Waals surface area contributed by atoms with Gasteiger partial charge in [0.2, 0.25) is 0 Å². The molecule has 1 rings (SSSR count). The second kappa shape index (κ2) is 5.80. The number of amides is 2. The smallest absolute Gasteiger partial charge is 0.328 e. The molecule has 2 amide bonds. The summed E-state index contributed by atoms with van der Waals surface area (Å²) in [5.74, 6) is -1.30. The maximum absolute atomic E-state index is 11.4. The van der Waals surface area contributed by atoms with Crippen molar-refractivity contribution in [1.29, 1.82) is 0 Å². The van der Waals surface area contributed by atoms with Gasteiger partial charge < -0.3 is 20.8 Å². The summed E-state index contributed by atoms with van der Waals surface area (Å²) in [6.45, 7) is 1.10. The molecule has 0 aliphatic carbocycles. The maximum atomic E-state index is 11.4. The van der Waals surface area contributed by atoms with E-state index >= 15 is 0 Å². The summed E-state index contributed by atoms with van der Waals surface area (Å²) in [6, 6.07) is -0.328. The number of hydrogen-bond acceptors (Lipinski definition) is 4. The average molecular weight is 239 g/mol. The van der Waals surface area contributed by atoms with Crippen LogP contribution >= 0.6 is 0 Å². The van der Waals surface area contributed by atoms with Gasteiger partial charge in [0.15, 0.2) is 6.04 Å². The summed E-state index contributed by atoms with van der Waals surface area (Å²) in [7, 11) is 0. The molecular formula is C10H13N3O4. The highest BCUT2D eigenvalue weighted by atomic mass is 16.4. The monoisotopic (exact) mass is 239 g/mol. The summed E-state index contributed by atoms with van der Waals surface area (Å²) >= 11 is 0. The van der Waals surface area contributed by atoms with Crippen LogP contribution in [0.3, 0.4) is 0 Å². The maximum Gasteiger partial charge on any atom is 0.328 e. The van der Waals surface area contributed by atoms with E-state index in [-0.39, 0.29) is 0 Å². The number of aromatic nitrogens is 1. The van der Waals surface area contributed by atoms with Crippen molar-refractivity contribution in [2.75, 3.05) is 11.9 Å². The minimum atomic E-state index is -1.33. The highest BCUT2D eigenvalue weighted by Gasteiger charge is 2.18. The van der Waals surface area contributed by atoms with E-state index in [1.807, 2.05) is 0 Å². The summed E-state index contributed by atoms with van der Waals surface area (Å²) in [5, 5.41) is 21.9. The fourth-order valence-electron chi connectivity index (χ4n) is 1.10. The fraction of sp³-hybridized carbons (Fsp3) is 0.300. The number of urea groups is 1. The third-order valence-corrected chi connectivity index (χ3v) is 2.07. The predicted octanol–water partition coefficient (Wildman–Crippen LogP) is -0.0430. The Morgan fingerprint density at radius 3 is 2.76 bits per heavy atom. The number of rotatable bonds is 4. The number of aryl methyl sites for hydroxylation is 1. The number of hydrogen-bond donors (Lipinski definition) is 4. The van der Waals surface area contributed by atoms with Crippen LogP contribution in [0.2, 0.25) is 0 Å². The number of anilines is 1. The summed E-state index contributed by atoms with van der Waals surface area (Å²) < 4.78 is 0. The van der Waals surface area contributed by atoms with E-state index < -0.39 is 24.6 Å². The van der Waals surface area contributed by atoms with Crippen molar-refractivity contribution in [2.24, 2.45) is 0 Å². The van der Waals surface area contributed by atoms with E-state index in [1.54, 1.807) is 19.2 Å². The van der Waals surface area contributed by atoms with Gasteiger partial charge in [-0.3, -0.25) is 4.98 Å². The number of nitrogens with zero attached hydrogens (tertiary/aromatic N) is 1. The average Bonchev–Trinajstić information content (AvgIpc) is 2.28. The Morgan fingerprint density at radius 1 is 1.53 bits per heavy atom. The van der Waals surface area contributed by atoms with E-state index in [9.17, 15) is 9.59 Å². The first-order chi connectivity index (χ1) is 8.04. The van der Waals surface area contributed by atoms with Crippen molar-refractivity contribution >= 4 is 17.7 Å². The molecule has 7 nitrogen and oxygen atoms in total. The lowest BCUT2D eigenvalue weighted by atomic mass is 10.2. The van der Waals surface area contributed by atoms with E-state index in [0.717, 1.165) is 5.56 Å². The van der Waals surface area contributed by atoms with Gasteiger partial charge in [-0.25, -0.2) is 9.59 Å². The molecule has 1 aromatic heterocycles. The Labute approximate surface area is 97.5 Å². The third-order valence-electron chi connectivity index (χ3n) is 2.07. The standard InChI is InChI=1S/C10H13N3O4/c1-6-2-3-11-4-7(6)12-10(17)13-8(5-14)9(15)16/h2-4,8,14H,5H2,1H3,(H,15,16)(H2,12,13,17)/t8-/m0/s1. The highest BCUT2D eigenvalue weighted by molar-refractivity contribution is 5.92. The van der Waals surface area contributed by atoms with Crippen LogP contribution < -0.4 is 10.6 Å². The van der Waals surface area contributed by atoms with Gasteiger partial charge in [-0.2, -0.15) is 0 Å². The number of nitrogens with one attached hydrogen (secondary N) is 2. The number of carboxylic acids is 1. The first-order valence-corrected chi connectivity index (χ1v) is 4.86. The van der Waals surface area contributed by atoms with Gasteiger partial charge in [-0.05, 0) is 18.6 Å². The lowest BCUT2D eigenvalue weighted by molar-refractivity contribution is -0.140. The minimum absolute atomic E-state index is 0.479. The minimum Gasteiger partial charge on any atom is -0.480 e. The molecule has 0 aliphatic heterocycles. The molecule has 0 unspecified atom stereocenters. The molecule has 0 fully saturated rings. The zero-order valence-electron chi connectivity index (χ0n) is 9.17. The molecule has 0 bridgehead atoms. The largest absolute Gasteiger partial charge is 0.480 e. The molecule has 0 radical (unpaired) electrons. The molecule has 0 aromatic carbocycles. The molecular weight excluding hydrogens is 226 g/mol. The Bertz CT molecular complexity index is 422. The number of aliphatic hydroxyl groups is 1. The Hall–Kier alpha value is -2.15. The fourth-order valence-corrected chi connectivity index (χ4v) is 1.10. The van der Waals surface area contributed by atoms with Crippen LogP contribution in [0.25, 0.3) is 0 Å². The molecule has 1 atom stereocenters. The van der Waals surface area contributed by atoms with Crippen LogP contribution in [0.4, 0.5) is 10.5 Å². The Morgan fingerprint density at radius 2 is 2.24 bits per heavy atom. The zero-order chi connectivity index (χ0) is 12.8. The first kappa shape index (κ1) is 12.9. The Balaban J connectivity index is 2.61. The third kappa shape index (κ3) is 3.72. The van der Waals surface area contributed by atoms with Gasteiger partial charge in [-0.1, -0.05) is 0 Å². The van der Waals surface area contributed by atoms with E-state index in [2.05, 4.69) is 15.6 Å². The number of aliphatic hydroxyl groups excluding tert-OH is 1. The zero-order valence-corrected chi connectivity index (χ0v) is 9.17. The lowest BCUT2D eigenvalue weighted by Crippen LogP contribution is -2.45. The lowest BCUT2D eigenvalue weighted by Gasteiger charge is -2.13. The molecule has 4 N–H and O–H groups in total. The normalized spacial score (nSPS) is 11.6. The SMILES string of the molecule is Cc1ccncc1NC(=O)N[C@@H](CO)C(=O)O. The predicted molar refractivity (Wildman–Crippen MR) is 59.6 cm³/mol. The molecule has 17 heavy (non-hydrogen) atoms. The number of aliphatic carboxylic acids is 1. The summed E-state index contributed by atoms with van der Waals surface area (Å²) in [5.41, 5.74) is 1.28. The molecule has 0 saturated heterocycles. The molecule has 7 heteroatoms. The van der Waals surface area contributed by atoms with Crippen LogP contribution in [-0.4, -0.2) is 39.8 Å². The van der Waals surface area contributed by atoms with Crippen LogP contribution in [0.15, 0.2) is 18.5 Å². The van der Waals surface area contributed by atoms with Crippen molar-refractivity contribution in [1.82, 2.24) is 10.3 Å². The molecule has 0 spiro atoms. The van der Waals surface area contributed by atoms with Crippen LogP contribution in [0.5, 0.6) is 0 Å². The summed E-state index contributed by atoms with van der Waals surface area (Å²) in [6.07, 6.45) is 3.02. The number of pyridine rings is 1. The Kier molecular flexibility index (Phi) is 4.41. The van der Waals surface area contributed by atoms with Crippen molar-refractivity contribution in [3.8, 4) is 0 Å². The van der Waals surface area contributed by atoms with Gasteiger partial charge in [0, 0.05) is 6.20 Å². The van der Waals surface area contributed by atoms with Crippen molar-refractivity contribution in [3.63, 3.8) is 0 Å². The quantitative estimate of drug-likeness (QED) is 0.589. The molecule has 1 aromatic rings. The van der Waals surface area contributed by atoms with Gasteiger partial charge >= 0.3 is 12.0 Å². The van der Waals surface area contributed by atoms with Gasteiger partial charge in [0.1, 0.15) is 0 Å². The van der Waals surface area contributed by atoms with Gasteiger partial charge in [0.05, 0.1) is 18.5 Å². The van der Waals surface area contributed by atoms with Crippen LogP contribution in [-0.2, 0) is 4.79 Å². The molecule has 0 saturated carbocycles. The highest BCUT2D eigenvalue weighted by Crippen LogP contribution is 2.10. The second-order valence-electron chi connectivity index (χ2n) is 3.36. The van der Waals surface area contributed by atoms with Crippen LogP contribution in [0, 0.1) is 6.92 Å². The molecule has 92 valence electrons. The molecule has 1 heterocycles. The van der Waals surface area contributed by atoms with E-state index in [4.69, 9.17) is 10.2 Å². The summed E-state index contributed by atoms with van der Waals surface area (Å²) in [4.78, 5) is 25.8.